The van der Waals surface area contributed by atoms with E-state index in [1.165, 1.54) is 0 Å². The number of rotatable bonds is 5. The van der Waals surface area contributed by atoms with Gasteiger partial charge in [0, 0.05) is 36.4 Å². The van der Waals surface area contributed by atoms with Crippen LogP contribution in [0.25, 0.3) is 0 Å². The van der Waals surface area contributed by atoms with Gasteiger partial charge in [-0.3, -0.25) is 9.59 Å². The molecule has 1 aliphatic carbocycles. The maximum absolute atomic E-state index is 12.6. The number of nitrogens with zero attached hydrogens (tertiary/aromatic N) is 1. The van der Waals surface area contributed by atoms with Crippen molar-refractivity contribution in [2.75, 3.05) is 23.3 Å². The number of hydrogen-bond donors (Lipinski definition) is 2. The Kier molecular flexibility index (Phi) is 5.07. The van der Waals surface area contributed by atoms with Crippen LogP contribution >= 0.6 is 0 Å². The molecule has 0 spiro atoms. The van der Waals surface area contributed by atoms with Crippen LogP contribution in [0, 0.1) is 5.92 Å². The van der Waals surface area contributed by atoms with Gasteiger partial charge < -0.3 is 15.5 Å². The molecule has 1 saturated heterocycles. The van der Waals surface area contributed by atoms with E-state index in [-0.39, 0.29) is 23.8 Å². The lowest BCUT2D eigenvalue weighted by molar-refractivity contribution is -0.122. The second-order valence-electron chi connectivity index (χ2n) is 7.17. The molecule has 24 heavy (non-hydrogen) atoms. The monoisotopic (exact) mass is 329 g/mol. The summed E-state index contributed by atoms with van der Waals surface area (Å²) in [5, 5.41) is 5.94. The molecule has 1 aromatic rings. The maximum atomic E-state index is 12.6. The first-order valence-corrected chi connectivity index (χ1v) is 9.05. The quantitative estimate of drug-likeness (QED) is 0.872. The third kappa shape index (κ3) is 3.71. The molecule has 1 saturated carbocycles. The zero-order valence-electron chi connectivity index (χ0n) is 14.6. The van der Waals surface area contributed by atoms with Gasteiger partial charge in [0.2, 0.25) is 5.91 Å². The van der Waals surface area contributed by atoms with Crippen LogP contribution in [0.4, 0.5) is 11.4 Å². The van der Waals surface area contributed by atoms with Gasteiger partial charge >= 0.3 is 0 Å². The number of anilines is 2. The van der Waals surface area contributed by atoms with Crippen LogP contribution in [0.1, 0.15) is 56.3 Å². The topological polar surface area (TPSA) is 61.4 Å². The Labute approximate surface area is 143 Å². The molecule has 0 aromatic heterocycles. The van der Waals surface area contributed by atoms with Gasteiger partial charge in [0.1, 0.15) is 0 Å². The second kappa shape index (κ2) is 7.24. The number of nitrogens with one attached hydrogen (secondary N) is 2. The van der Waals surface area contributed by atoms with E-state index in [1.54, 1.807) is 0 Å². The van der Waals surface area contributed by atoms with Gasteiger partial charge in [-0.25, -0.2) is 0 Å². The Morgan fingerprint density at radius 1 is 1.12 bits per heavy atom. The molecule has 1 aromatic carbocycles. The Balaban J connectivity index is 1.83. The van der Waals surface area contributed by atoms with Gasteiger partial charge in [-0.15, -0.1) is 0 Å². The van der Waals surface area contributed by atoms with Gasteiger partial charge in [0.05, 0.1) is 5.56 Å². The second-order valence-corrected chi connectivity index (χ2v) is 7.17. The summed E-state index contributed by atoms with van der Waals surface area (Å²) in [7, 11) is 0. The van der Waals surface area contributed by atoms with Crippen LogP contribution in [-0.4, -0.2) is 30.9 Å². The number of carbonyl (C=O) groups is 2. The van der Waals surface area contributed by atoms with Crippen LogP contribution in [-0.2, 0) is 4.79 Å². The fraction of sp³-hybridized carbons (Fsp3) is 0.579. The van der Waals surface area contributed by atoms with Crippen LogP contribution in [0.3, 0.4) is 0 Å². The molecule has 130 valence electrons. The van der Waals surface area contributed by atoms with Crippen molar-refractivity contribution in [2.45, 2.75) is 52.0 Å². The van der Waals surface area contributed by atoms with Crippen LogP contribution < -0.4 is 15.5 Å². The minimum atomic E-state index is -0.0772. The largest absolute Gasteiger partial charge is 0.371 e. The Morgan fingerprint density at radius 2 is 1.83 bits per heavy atom. The molecule has 2 N–H and O–H groups in total. The van der Waals surface area contributed by atoms with Crippen LogP contribution in [0.15, 0.2) is 18.2 Å². The van der Waals surface area contributed by atoms with Gasteiger partial charge in [0.25, 0.3) is 5.91 Å². The van der Waals surface area contributed by atoms with Crippen LogP contribution in [0.2, 0.25) is 0 Å². The van der Waals surface area contributed by atoms with Gasteiger partial charge in [-0.05, 0) is 57.7 Å². The van der Waals surface area contributed by atoms with Gasteiger partial charge in [-0.2, -0.15) is 0 Å². The molecule has 5 heteroatoms. The highest BCUT2D eigenvalue weighted by molar-refractivity contribution is 6.02. The van der Waals surface area contributed by atoms with E-state index >= 15 is 0 Å². The first-order valence-electron chi connectivity index (χ1n) is 9.05. The summed E-state index contributed by atoms with van der Waals surface area (Å²) in [6.45, 7) is 5.87. The predicted octanol–water partition coefficient (Wildman–Crippen LogP) is 3.16. The lowest BCUT2D eigenvalue weighted by Crippen LogP contribution is -2.32. The number of carbonyl (C=O) groups excluding carboxylic acids is 2. The molecule has 5 nitrogen and oxygen atoms in total. The molecule has 0 bridgehead atoms. The smallest absolute Gasteiger partial charge is 0.253 e. The maximum Gasteiger partial charge on any atom is 0.253 e. The zero-order chi connectivity index (χ0) is 17.1. The molecule has 3 rings (SSSR count). The number of hydrogen-bond acceptors (Lipinski definition) is 3. The minimum Gasteiger partial charge on any atom is -0.371 e. The number of amides is 2. The number of benzene rings is 1. The fourth-order valence-corrected chi connectivity index (χ4v) is 3.28. The standard InChI is InChI=1S/C19H27N3O2/c1-13(2)20-19(24)16-12-15(21-18(23)14-6-5-7-14)8-9-17(16)22-10-3-4-11-22/h8-9,12-14H,3-7,10-11H2,1-2H3,(H,20,24)(H,21,23). The lowest BCUT2D eigenvalue weighted by Gasteiger charge is -2.25. The van der Waals surface area contributed by atoms with Crippen LogP contribution in [0.5, 0.6) is 0 Å². The van der Waals surface area contributed by atoms with Crippen molar-refractivity contribution in [3.05, 3.63) is 23.8 Å². The molecule has 2 fully saturated rings. The molecule has 0 unspecified atom stereocenters. The van der Waals surface area contributed by atoms with E-state index in [0.29, 0.717) is 11.3 Å². The summed E-state index contributed by atoms with van der Waals surface area (Å²) in [5.74, 6) is 0.133. The normalized spacial score (nSPS) is 17.7. The van der Waals surface area contributed by atoms with Crippen molar-refractivity contribution in [1.82, 2.24) is 5.32 Å². The van der Waals surface area contributed by atoms with Crippen molar-refractivity contribution in [3.63, 3.8) is 0 Å². The van der Waals surface area contributed by atoms with E-state index in [0.717, 1.165) is 50.9 Å². The van der Waals surface area contributed by atoms with E-state index in [9.17, 15) is 9.59 Å². The SMILES string of the molecule is CC(C)NC(=O)c1cc(NC(=O)C2CCC2)ccc1N1CCCC1. The van der Waals surface area contributed by atoms with Gasteiger partial charge in [-0.1, -0.05) is 6.42 Å². The molecule has 0 radical (unpaired) electrons. The Morgan fingerprint density at radius 3 is 2.42 bits per heavy atom. The third-order valence-electron chi connectivity index (χ3n) is 4.85. The van der Waals surface area contributed by atoms with E-state index in [1.807, 2.05) is 32.0 Å². The van der Waals surface area contributed by atoms with Crippen molar-refractivity contribution in [2.24, 2.45) is 5.92 Å². The summed E-state index contributed by atoms with van der Waals surface area (Å²) in [6.07, 6.45) is 5.39. The summed E-state index contributed by atoms with van der Waals surface area (Å²) in [5.41, 5.74) is 2.33. The third-order valence-corrected chi connectivity index (χ3v) is 4.85. The molecule has 0 atom stereocenters. The summed E-state index contributed by atoms with van der Waals surface area (Å²) >= 11 is 0. The van der Waals surface area contributed by atoms with E-state index < -0.39 is 0 Å². The van der Waals surface area contributed by atoms with Gasteiger partial charge in [0.15, 0.2) is 0 Å². The van der Waals surface area contributed by atoms with E-state index in [4.69, 9.17) is 0 Å². The molecule has 1 aliphatic heterocycles. The van der Waals surface area contributed by atoms with Crippen molar-refractivity contribution < 1.29 is 9.59 Å². The molecular weight excluding hydrogens is 302 g/mol. The highest BCUT2D eigenvalue weighted by Crippen LogP contribution is 2.30. The first kappa shape index (κ1) is 16.8. The highest BCUT2D eigenvalue weighted by atomic mass is 16.2. The average Bonchev–Trinajstić information content (AvgIpc) is 2.98. The minimum absolute atomic E-state index is 0.0744. The molecule has 2 amide bonds. The molecular formula is C19H27N3O2. The Hall–Kier alpha value is -2.04. The average molecular weight is 329 g/mol. The highest BCUT2D eigenvalue weighted by Gasteiger charge is 2.26. The van der Waals surface area contributed by atoms with Crippen molar-refractivity contribution in [1.29, 1.82) is 0 Å². The lowest BCUT2D eigenvalue weighted by atomic mass is 9.85. The summed E-state index contributed by atoms with van der Waals surface area (Å²) in [4.78, 5) is 27.1. The predicted molar refractivity (Wildman–Crippen MR) is 96.5 cm³/mol. The Bertz CT molecular complexity index is 617. The molecule has 1 heterocycles. The zero-order valence-corrected chi connectivity index (χ0v) is 14.6. The van der Waals surface area contributed by atoms with Crippen molar-refractivity contribution >= 4 is 23.2 Å². The fourth-order valence-electron chi connectivity index (χ4n) is 3.28. The van der Waals surface area contributed by atoms with Crippen molar-refractivity contribution in [3.8, 4) is 0 Å². The van der Waals surface area contributed by atoms with E-state index in [2.05, 4.69) is 15.5 Å². The first-order chi connectivity index (χ1) is 11.5. The molecule has 2 aliphatic rings. The summed E-state index contributed by atoms with van der Waals surface area (Å²) in [6, 6.07) is 5.78. The summed E-state index contributed by atoms with van der Waals surface area (Å²) < 4.78 is 0.